The zero-order chi connectivity index (χ0) is 28.9. The highest BCUT2D eigenvalue weighted by Gasteiger charge is 2.48. The Morgan fingerprint density at radius 2 is 1.68 bits per heavy atom. The lowest BCUT2D eigenvalue weighted by atomic mass is 10.0. The predicted molar refractivity (Wildman–Crippen MR) is 146 cm³/mol. The van der Waals surface area contributed by atoms with Crippen molar-refractivity contribution < 1.29 is 23.2 Å². The summed E-state index contributed by atoms with van der Waals surface area (Å²) in [6.45, 7) is 4.64. The van der Waals surface area contributed by atoms with Gasteiger partial charge in [0, 0.05) is 19.6 Å². The molecule has 1 fully saturated rings. The lowest BCUT2D eigenvalue weighted by molar-refractivity contribution is -0.383. The second-order valence-corrected chi connectivity index (χ2v) is 10.6. The molecule has 0 bridgehead atoms. The number of carbonyl (C=O) groups excluding carboxylic acids is 1. The van der Waals surface area contributed by atoms with Gasteiger partial charge in [-0.05, 0) is 38.3 Å². The Morgan fingerprint density at radius 3 is 2.17 bits per heavy atom. The van der Waals surface area contributed by atoms with Crippen molar-refractivity contribution in [2.24, 2.45) is 0 Å². The average molecular weight is 555 g/mol. The third kappa shape index (κ3) is 7.19. The molecule has 4 rings (SSSR count). The first-order valence-electron chi connectivity index (χ1n) is 12.9. The fourth-order valence-electron chi connectivity index (χ4n) is 4.45. The van der Waals surface area contributed by atoms with Crippen LogP contribution in [0.1, 0.15) is 38.3 Å². The minimum absolute atomic E-state index is 0.00436. The van der Waals surface area contributed by atoms with E-state index in [4.69, 9.17) is 4.74 Å². The molecule has 3 aromatic rings. The van der Waals surface area contributed by atoms with Crippen molar-refractivity contribution in [3.05, 3.63) is 88.2 Å². The maximum atomic E-state index is 15.2. The number of carbonyl (C=O) groups is 1. The number of piperidine rings is 1. The number of nitrogens with one attached hydrogen (secondary N) is 1. The van der Waals surface area contributed by atoms with Gasteiger partial charge < -0.3 is 19.9 Å². The van der Waals surface area contributed by atoms with Gasteiger partial charge in [-0.15, -0.1) is 0 Å². The summed E-state index contributed by atoms with van der Waals surface area (Å²) in [6, 6.07) is 17.3. The third-order valence-electron chi connectivity index (χ3n) is 6.28. The molecule has 0 radical (unpaired) electrons. The number of alkyl halides is 2. The van der Waals surface area contributed by atoms with Gasteiger partial charge in [0.25, 0.3) is 5.92 Å². The quantitative estimate of drug-likeness (QED) is 0.281. The Bertz CT molecular complexity index is 1280. The number of hydrogen-bond donors (Lipinski definition) is 1. The third-order valence-corrected chi connectivity index (χ3v) is 6.28. The summed E-state index contributed by atoms with van der Waals surface area (Å²) in [6.07, 6.45) is 0.126. The van der Waals surface area contributed by atoms with Gasteiger partial charge in [0.1, 0.15) is 11.9 Å². The van der Waals surface area contributed by atoms with Gasteiger partial charge in [-0.1, -0.05) is 60.7 Å². The van der Waals surface area contributed by atoms with Crippen molar-refractivity contribution in [3.8, 4) is 0 Å². The fraction of sp³-hybridized carbons (Fsp3) is 0.393. The molecule has 0 saturated carbocycles. The maximum absolute atomic E-state index is 15.2. The minimum Gasteiger partial charge on any atom is -0.444 e. The number of amides is 1. The van der Waals surface area contributed by atoms with E-state index in [0.717, 1.165) is 22.4 Å². The van der Waals surface area contributed by atoms with Crippen LogP contribution in [0.5, 0.6) is 0 Å². The standard InChI is InChI=1S/C28H32F2N6O4/c1-27(2,3)40-26(37)34-15-14-22(28(29,30)18-34)33-24-23(36(38)39)25(32-19-31-24)35(16-20-10-6-4-7-11-20)17-21-12-8-5-9-13-21/h4-13,19,22H,14-18H2,1-3H3,(H,31,32,33)/t22-/m0/s1. The second kappa shape index (κ2) is 11.8. The number of halogens is 2. The predicted octanol–water partition coefficient (Wildman–Crippen LogP) is 5.65. The topological polar surface area (TPSA) is 114 Å². The zero-order valence-electron chi connectivity index (χ0n) is 22.6. The molecule has 12 heteroatoms. The molecule has 212 valence electrons. The Hall–Kier alpha value is -4.35. The van der Waals surface area contributed by atoms with Crippen LogP contribution in [-0.2, 0) is 17.8 Å². The van der Waals surface area contributed by atoms with Gasteiger partial charge in [0.05, 0.1) is 17.5 Å². The van der Waals surface area contributed by atoms with Crippen molar-refractivity contribution >= 4 is 23.4 Å². The summed E-state index contributed by atoms with van der Waals surface area (Å²) < 4.78 is 35.7. The highest BCUT2D eigenvalue weighted by Crippen LogP contribution is 2.37. The van der Waals surface area contributed by atoms with E-state index < -0.39 is 40.8 Å². The van der Waals surface area contributed by atoms with Crippen LogP contribution >= 0.6 is 0 Å². The second-order valence-electron chi connectivity index (χ2n) is 10.6. The van der Waals surface area contributed by atoms with Crippen molar-refractivity contribution in [2.75, 3.05) is 23.3 Å². The Morgan fingerprint density at radius 1 is 1.10 bits per heavy atom. The van der Waals surface area contributed by atoms with Crippen LogP contribution in [0.2, 0.25) is 0 Å². The van der Waals surface area contributed by atoms with Gasteiger partial charge in [-0.3, -0.25) is 10.1 Å². The summed E-state index contributed by atoms with van der Waals surface area (Å²) in [4.78, 5) is 34.9. The molecule has 0 spiro atoms. The number of rotatable bonds is 8. The molecular formula is C28H32F2N6O4. The Kier molecular flexibility index (Phi) is 8.46. The van der Waals surface area contributed by atoms with Crippen molar-refractivity contribution in [1.82, 2.24) is 14.9 Å². The average Bonchev–Trinajstić information content (AvgIpc) is 2.89. The molecule has 0 aliphatic carbocycles. The number of likely N-dealkylation sites (tertiary alicyclic amines) is 1. The number of aromatic nitrogens is 2. The van der Waals surface area contributed by atoms with Crippen LogP contribution in [-0.4, -0.2) is 56.5 Å². The summed E-state index contributed by atoms with van der Waals surface area (Å²) in [7, 11) is 0. The lowest BCUT2D eigenvalue weighted by Gasteiger charge is -2.39. The summed E-state index contributed by atoms with van der Waals surface area (Å²) >= 11 is 0. The Balaban J connectivity index is 1.62. The maximum Gasteiger partial charge on any atom is 0.410 e. The first kappa shape index (κ1) is 28.7. The lowest BCUT2D eigenvalue weighted by Crippen LogP contribution is -2.56. The molecule has 1 aromatic heterocycles. The summed E-state index contributed by atoms with van der Waals surface area (Å²) in [5, 5.41) is 14.9. The summed E-state index contributed by atoms with van der Waals surface area (Å²) in [5.74, 6) is -3.71. The van der Waals surface area contributed by atoms with Crippen molar-refractivity contribution in [3.63, 3.8) is 0 Å². The van der Waals surface area contributed by atoms with Gasteiger partial charge >= 0.3 is 11.8 Å². The van der Waals surface area contributed by atoms with Gasteiger partial charge in [0.15, 0.2) is 0 Å². The van der Waals surface area contributed by atoms with Crippen LogP contribution in [0, 0.1) is 10.1 Å². The van der Waals surface area contributed by atoms with Gasteiger partial charge in [-0.25, -0.2) is 23.5 Å². The van der Waals surface area contributed by atoms with E-state index in [9.17, 15) is 14.9 Å². The van der Waals surface area contributed by atoms with Crippen LogP contribution in [0.15, 0.2) is 67.0 Å². The largest absolute Gasteiger partial charge is 0.444 e. The zero-order valence-corrected chi connectivity index (χ0v) is 22.6. The molecule has 1 amide bonds. The number of benzene rings is 2. The first-order chi connectivity index (χ1) is 18.9. The van der Waals surface area contributed by atoms with Crippen LogP contribution in [0.4, 0.5) is 30.9 Å². The number of ether oxygens (including phenoxy) is 1. The van der Waals surface area contributed by atoms with E-state index in [0.29, 0.717) is 0 Å². The van der Waals surface area contributed by atoms with E-state index in [1.165, 1.54) is 0 Å². The highest BCUT2D eigenvalue weighted by atomic mass is 19.3. The fourth-order valence-corrected chi connectivity index (χ4v) is 4.45. The molecule has 1 N–H and O–H groups in total. The van der Waals surface area contributed by atoms with E-state index in [1.807, 2.05) is 60.7 Å². The molecule has 10 nitrogen and oxygen atoms in total. The van der Waals surface area contributed by atoms with Crippen LogP contribution in [0.3, 0.4) is 0 Å². The smallest absolute Gasteiger partial charge is 0.410 e. The van der Waals surface area contributed by atoms with E-state index in [2.05, 4.69) is 15.3 Å². The molecular weight excluding hydrogens is 522 g/mol. The van der Waals surface area contributed by atoms with Gasteiger partial charge in [0.2, 0.25) is 11.6 Å². The summed E-state index contributed by atoms with van der Waals surface area (Å²) in [5.41, 5.74) is 0.452. The Labute approximate surface area is 231 Å². The van der Waals surface area contributed by atoms with E-state index in [-0.39, 0.29) is 37.7 Å². The van der Waals surface area contributed by atoms with Crippen LogP contribution in [0.25, 0.3) is 0 Å². The molecule has 40 heavy (non-hydrogen) atoms. The van der Waals surface area contributed by atoms with E-state index >= 15 is 8.78 Å². The molecule has 2 heterocycles. The molecule has 1 saturated heterocycles. The van der Waals surface area contributed by atoms with Crippen molar-refractivity contribution in [1.29, 1.82) is 0 Å². The normalized spacial score (nSPS) is 16.7. The molecule has 2 aromatic carbocycles. The van der Waals surface area contributed by atoms with Crippen LogP contribution < -0.4 is 10.2 Å². The monoisotopic (exact) mass is 554 g/mol. The number of hydrogen-bond acceptors (Lipinski definition) is 8. The molecule has 0 unspecified atom stereocenters. The van der Waals surface area contributed by atoms with Gasteiger partial charge in [-0.2, -0.15) is 0 Å². The number of anilines is 2. The highest BCUT2D eigenvalue weighted by molar-refractivity contribution is 5.71. The molecule has 1 aliphatic rings. The van der Waals surface area contributed by atoms with Crippen molar-refractivity contribution in [2.45, 2.75) is 57.8 Å². The molecule has 1 aliphatic heterocycles. The first-order valence-corrected chi connectivity index (χ1v) is 12.9. The SMILES string of the molecule is CC(C)(C)OC(=O)N1CC[C@H](Nc2ncnc(N(Cc3ccccc3)Cc3ccccc3)c2[N+](=O)[O-])C(F)(F)C1. The number of nitrogens with zero attached hydrogens (tertiary/aromatic N) is 5. The van der Waals surface area contributed by atoms with E-state index in [1.54, 1.807) is 25.7 Å². The minimum atomic E-state index is -3.40. The molecule has 1 atom stereocenters. The number of nitro groups is 1.